The van der Waals surface area contributed by atoms with Crippen LogP contribution >= 0.6 is 0 Å². The third-order valence-corrected chi connectivity index (χ3v) is 1.53. The average Bonchev–Trinajstić information content (AvgIpc) is 1.82. The van der Waals surface area contributed by atoms with E-state index in [1.807, 2.05) is 0 Å². The summed E-state index contributed by atoms with van der Waals surface area (Å²) in [4.78, 5) is 32.8. The molecular weight excluding hydrogens is 160 g/mol. The van der Waals surface area contributed by atoms with Gasteiger partial charge in [0.1, 0.15) is 5.76 Å². The summed E-state index contributed by atoms with van der Waals surface area (Å²) in [7, 11) is 0. The highest BCUT2D eigenvalue weighted by Crippen LogP contribution is 2.14. The second-order valence-corrected chi connectivity index (χ2v) is 2.62. The molecule has 0 aromatic rings. The summed E-state index contributed by atoms with van der Waals surface area (Å²) < 4.78 is 4.61. The van der Waals surface area contributed by atoms with E-state index in [2.05, 4.69) is 4.74 Å². The molecule has 4 nitrogen and oxygen atoms in total. The van der Waals surface area contributed by atoms with Crippen molar-refractivity contribution in [2.24, 2.45) is 5.92 Å². The predicted molar refractivity (Wildman–Crippen MR) is 39.0 cm³/mol. The van der Waals surface area contributed by atoms with Gasteiger partial charge in [-0.25, -0.2) is 0 Å². The Hall–Kier alpha value is -1.45. The topological polar surface area (TPSA) is 60.4 Å². The second-order valence-electron chi connectivity index (χ2n) is 2.62. The van der Waals surface area contributed by atoms with Crippen molar-refractivity contribution in [3.63, 3.8) is 0 Å². The first-order valence-electron chi connectivity index (χ1n) is 3.46. The normalized spacial score (nSPS) is 23.2. The zero-order valence-electron chi connectivity index (χ0n) is 6.79. The quantitative estimate of drug-likeness (QED) is 0.415. The van der Waals surface area contributed by atoms with Gasteiger partial charge in [-0.2, -0.15) is 0 Å². The summed E-state index contributed by atoms with van der Waals surface area (Å²) in [6.07, 6.45) is 1.16. The van der Waals surface area contributed by atoms with E-state index < -0.39 is 23.5 Å². The maximum atomic E-state index is 11.1. The molecule has 0 aromatic carbocycles. The van der Waals surface area contributed by atoms with Gasteiger partial charge in [-0.1, -0.05) is 0 Å². The Kier molecular flexibility index (Phi) is 2.08. The summed E-state index contributed by atoms with van der Waals surface area (Å²) >= 11 is 0. The lowest BCUT2D eigenvalue weighted by Gasteiger charge is -2.15. The van der Waals surface area contributed by atoms with Gasteiger partial charge in [-0.3, -0.25) is 14.4 Å². The van der Waals surface area contributed by atoms with E-state index in [1.165, 1.54) is 13.8 Å². The Bertz CT molecular complexity index is 287. The van der Waals surface area contributed by atoms with Crippen LogP contribution in [-0.4, -0.2) is 17.5 Å². The van der Waals surface area contributed by atoms with Crippen LogP contribution in [0.2, 0.25) is 0 Å². The van der Waals surface area contributed by atoms with Crippen molar-refractivity contribution in [1.29, 1.82) is 0 Å². The molecule has 1 heterocycles. The van der Waals surface area contributed by atoms with Gasteiger partial charge in [0, 0.05) is 6.08 Å². The van der Waals surface area contributed by atoms with E-state index in [-0.39, 0.29) is 5.76 Å². The van der Waals surface area contributed by atoms with Crippen LogP contribution in [0.1, 0.15) is 13.8 Å². The molecule has 64 valence electrons. The van der Waals surface area contributed by atoms with E-state index in [0.717, 1.165) is 6.08 Å². The van der Waals surface area contributed by atoms with E-state index in [4.69, 9.17) is 0 Å². The number of Topliss-reactive ketones (excluding diaryl/α,β-unsaturated/α-hetero) is 1. The third kappa shape index (κ3) is 1.42. The molecule has 1 rings (SSSR count). The highest BCUT2D eigenvalue weighted by Gasteiger charge is 2.34. The van der Waals surface area contributed by atoms with Crippen molar-refractivity contribution < 1.29 is 19.1 Å². The third-order valence-electron chi connectivity index (χ3n) is 1.53. The van der Waals surface area contributed by atoms with Crippen LogP contribution in [0.3, 0.4) is 0 Å². The van der Waals surface area contributed by atoms with E-state index >= 15 is 0 Å². The standard InChI is InChI=1S/C8H8O4/c1-4-3-6(10)7(5(2)9)8(11)12-4/h3,7H,1-2H3/t7-/m1/s1. The fourth-order valence-corrected chi connectivity index (χ4v) is 1.01. The molecule has 0 radical (unpaired) electrons. The lowest BCUT2D eigenvalue weighted by atomic mass is 9.98. The first-order chi connectivity index (χ1) is 5.52. The van der Waals surface area contributed by atoms with Crippen molar-refractivity contribution in [1.82, 2.24) is 0 Å². The van der Waals surface area contributed by atoms with Gasteiger partial charge >= 0.3 is 5.97 Å². The van der Waals surface area contributed by atoms with E-state index in [9.17, 15) is 14.4 Å². The Balaban J connectivity index is 2.98. The Morgan fingerprint density at radius 3 is 2.50 bits per heavy atom. The number of ketones is 2. The first-order valence-corrected chi connectivity index (χ1v) is 3.46. The number of carbonyl (C=O) groups excluding carboxylic acids is 3. The van der Waals surface area contributed by atoms with Crippen molar-refractivity contribution in [3.8, 4) is 0 Å². The first kappa shape index (κ1) is 8.64. The summed E-state index contributed by atoms with van der Waals surface area (Å²) in [6, 6.07) is 0. The van der Waals surface area contributed by atoms with Gasteiger partial charge in [-0.15, -0.1) is 0 Å². The molecule has 0 N–H and O–H groups in total. The van der Waals surface area contributed by atoms with Crippen LogP contribution in [-0.2, 0) is 19.1 Å². The maximum absolute atomic E-state index is 11.1. The minimum atomic E-state index is -1.24. The fourth-order valence-electron chi connectivity index (χ4n) is 1.01. The SMILES string of the molecule is CC(=O)[C@@H]1C(=O)C=C(C)OC1=O. The highest BCUT2D eigenvalue weighted by molar-refractivity contribution is 6.21. The number of ether oxygens (including phenoxy) is 1. The number of rotatable bonds is 1. The molecule has 12 heavy (non-hydrogen) atoms. The number of allylic oxidation sites excluding steroid dienone is 2. The van der Waals surface area contributed by atoms with Crippen molar-refractivity contribution in [2.45, 2.75) is 13.8 Å². The summed E-state index contributed by atoms with van der Waals surface area (Å²) in [5.41, 5.74) is 0. The van der Waals surface area contributed by atoms with Crippen LogP contribution in [0.25, 0.3) is 0 Å². The summed E-state index contributed by atoms with van der Waals surface area (Å²) in [5, 5.41) is 0. The largest absolute Gasteiger partial charge is 0.430 e. The molecular formula is C8H8O4. The molecule has 0 amide bonds. The zero-order chi connectivity index (χ0) is 9.30. The molecule has 4 heteroatoms. The number of hydrogen-bond donors (Lipinski definition) is 0. The van der Waals surface area contributed by atoms with Gasteiger partial charge < -0.3 is 4.74 Å². The van der Waals surface area contributed by atoms with E-state index in [1.54, 1.807) is 0 Å². The number of carbonyl (C=O) groups is 3. The minimum Gasteiger partial charge on any atom is -0.430 e. The van der Waals surface area contributed by atoms with Crippen LogP contribution in [0.5, 0.6) is 0 Å². The van der Waals surface area contributed by atoms with Gasteiger partial charge in [-0.05, 0) is 13.8 Å². The number of cyclic esters (lactones) is 1. The van der Waals surface area contributed by atoms with Crippen LogP contribution in [0, 0.1) is 5.92 Å². The zero-order valence-corrected chi connectivity index (χ0v) is 6.79. The molecule has 1 aliphatic heterocycles. The number of esters is 1. The molecule has 0 fully saturated rings. The second kappa shape index (κ2) is 2.89. The predicted octanol–water partition coefficient (Wildman–Crippen LogP) is 0.221. The smallest absolute Gasteiger partial charge is 0.329 e. The van der Waals surface area contributed by atoms with Gasteiger partial charge in [0.15, 0.2) is 17.5 Å². The lowest BCUT2D eigenvalue weighted by molar-refractivity contribution is -0.152. The van der Waals surface area contributed by atoms with Gasteiger partial charge in [0.2, 0.25) is 0 Å². The highest BCUT2D eigenvalue weighted by atomic mass is 16.5. The van der Waals surface area contributed by atoms with Gasteiger partial charge in [0.25, 0.3) is 0 Å². The monoisotopic (exact) mass is 168 g/mol. The maximum Gasteiger partial charge on any atom is 0.329 e. The molecule has 0 aliphatic carbocycles. The molecule has 0 saturated carbocycles. The van der Waals surface area contributed by atoms with Crippen LogP contribution in [0.15, 0.2) is 11.8 Å². The molecule has 0 aromatic heterocycles. The lowest BCUT2D eigenvalue weighted by Crippen LogP contribution is -2.33. The minimum absolute atomic E-state index is 0.238. The number of hydrogen-bond acceptors (Lipinski definition) is 4. The molecule has 0 bridgehead atoms. The Morgan fingerprint density at radius 2 is 2.08 bits per heavy atom. The summed E-state index contributed by atoms with van der Waals surface area (Å²) in [6.45, 7) is 2.68. The molecule has 0 unspecified atom stereocenters. The fraction of sp³-hybridized carbons (Fsp3) is 0.375. The van der Waals surface area contributed by atoms with E-state index in [0.29, 0.717) is 0 Å². The molecule has 0 saturated heterocycles. The molecule has 1 aliphatic rings. The van der Waals surface area contributed by atoms with Crippen molar-refractivity contribution >= 4 is 17.5 Å². The average molecular weight is 168 g/mol. The van der Waals surface area contributed by atoms with Gasteiger partial charge in [0.05, 0.1) is 0 Å². The summed E-state index contributed by atoms with van der Waals surface area (Å²) in [5.74, 6) is -2.74. The molecule has 1 atom stereocenters. The molecule has 0 spiro atoms. The Labute approximate surface area is 69.2 Å². The van der Waals surface area contributed by atoms with Crippen LogP contribution < -0.4 is 0 Å². The van der Waals surface area contributed by atoms with Crippen molar-refractivity contribution in [3.05, 3.63) is 11.8 Å². The Morgan fingerprint density at radius 1 is 1.50 bits per heavy atom. The van der Waals surface area contributed by atoms with Crippen LogP contribution in [0.4, 0.5) is 0 Å². The van der Waals surface area contributed by atoms with Crippen molar-refractivity contribution in [2.75, 3.05) is 0 Å².